The van der Waals surface area contributed by atoms with E-state index in [0.29, 0.717) is 75.0 Å². The van der Waals surface area contributed by atoms with Crippen molar-refractivity contribution in [3.8, 4) is 16.4 Å². The maximum absolute atomic E-state index is 14.5. The summed E-state index contributed by atoms with van der Waals surface area (Å²) in [5.41, 5.74) is 4.15. The molecule has 256 valence electrons. The number of carbonyl (C=O) groups excluding carboxylic acids is 1. The molecule has 3 heterocycles. The second-order valence-corrected chi connectivity index (χ2v) is 16.5. The summed E-state index contributed by atoms with van der Waals surface area (Å²) in [7, 11) is -2.02. The Bertz CT molecular complexity index is 1940. The number of aromatic nitrogens is 3. The maximum Gasteiger partial charge on any atom is 0.407 e. The Morgan fingerprint density at radius 1 is 1.15 bits per heavy atom. The van der Waals surface area contributed by atoms with Gasteiger partial charge in [-0.2, -0.15) is 9.78 Å². The van der Waals surface area contributed by atoms with E-state index in [1.807, 2.05) is 25.1 Å². The molecule has 2 N–H and O–H groups in total. The van der Waals surface area contributed by atoms with E-state index in [-0.39, 0.29) is 18.4 Å². The number of nitrogens with zero attached hydrogens (tertiary/aromatic N) is 5. The van der Waals surface area contributed by atoms with Gasteiger partial charge < -0.3 is 14.9 Å². The van der Waals surface area contributed by atoms with Crippen molar-refractivity contribution in [1.29, 1.82) is 0 Å². The van der Waals surface area contributed by atoms with E-state index in [1.54, 1.807) is 52.7 Å². The number of benzene rings is 2. The summed E-state index contributed by atoms with van der Waals surface area (Å²) >= 11 is 15.7. The molecule has 48 heavy (non-hydrogen) atoms. The largest absolute Gasteiger partial charge is 0.465 e. The van der Waals surface area contributed by atoms with Gasteiger partial charge in [0.25, 0.3) is 5.91 Å². The number of carbonyl (C=O) groups is 2. The zero-order chi connectivity index (χ0) is 34.7. The third-order valence-electron chi connectivity index (χ3n) is 8.06. The van der Waals surface area contributed by atoms with Crippen LogP contribution in [-0.2, 0) is 16.4 Å². The third kappa shape index (κ3) is 8.11. The number of hydrogen-bond donors (Lipinski definition) is 2. The summed E-state index contributed by atoms with van der Waals surface area (Å²) in [4.78, 5) is 34.1. The predicted molar refractivity (Wildman–Crippen MR) is 193 cm³/mol. The highest BCUT2D eigenvalue weighted by Crippen LogP contribution is 2.40. The average molecular weight is 752 g/mol. The van der Waals surface area contributed by atoms with Gasteiger partial charge in [0.05, 0.1) is 37.6 Å². The fourth-order valence-electron chi connectivity index (χ4n) is 5.56. The number of rotatable bonds is 11. The lowest BCUT2D eigenvalue weighted by Crippen LogP contribution is -2.47. The smallest absolute Gasteiger partial charge is 0.407 e. The molecule has 16 heteroatoms. The Kier molecular flexibility index (Phi) is 11.3. The SMILES string of the molecule is CCCSc1sc(-n2nc(C)c(Cc3ccccc3NS(C)(=O)=O)c2C(=O)N2CCC(N(C)C(=O)O)CC2)nc1-c1ccc(Cl)c(Cl)c1. The van der Waals surface area contributed by atoms with Crippen LogP contribution in [-0.4, -0.2) is 88.3 Å². The number of sulfonamides is 1. The number of halogens is 2. The number of thioether (sulfide) groups is 1. The summed E-state index contributed by atoms with van der Waals surface area (Å²) in [5.74, 6) is 0.597. The molecule has 0 unspecified atom stereocenters. The first-order chi connectivity index (χ1) is 22.8. The molecule has 0 aliphatic carbocycles. The Morgan fingerprint density at radius 3 is 2.50 bits per heavy atom. The minimum Gasteiger partial charge on any atom is -0.465 e. The van der Waals surface area contributed by atoms with Gasteiger partial charge in [-0.05, 0) is 55.7 Å². The van der Waals surface area contributed by atoms with Gasteiger partial charge in [0.1, 0.15) is 5.69 Å². The van der Waals surface area contributed by atoms with Crippen molar-refractivity contribution < 1.29 is 23.1 Å². The summed E-state index contributed by atoms with van der Waals surface area (Å²) < 4.78 is 29.5. The number of carboxylic acid groups (broad SMARTS) is 1. The van der Waals surface area contributed by atoms with Crippen LogP contribution in [0.25, 0.3) is 16.4 Å². The average Bonchev–Trinajstić information content (AvgIpc) is 3.61. The molecule has 2 aromatic heterocycles. The molecular formula is C32H36Cl2N6O5S3. The number of amides is 2. The van der Waals surface area contributed by atoms with Crippen LogP contribution < -0.4 is 4.72 Å². The molecule has 5 rings (SSSR count). The second-order valence-electron chi connectivity index (χ2n) is 11.6. The number of hydrogen-bond acceptors (Lipinski definition) is 8. The molecule has 1 fully saturated rings. The number of likely N-dealkylation sites (tertiary alicyclic amines) is 1. The van der Waals surface area contributed by atoms with Crippen LogP contribution in [0.4, 0.5) is 10.5 Å². The topological polar surface area (TPSA) is 138 Å². The highest BCUT2D eigenvalue weighted by Gasteiger charge is 2.33. The van der Waals surface area contributed by atoms with Crippen LogP contribution in [0, 0.1) is 6.92 Å². The van der Waals surface area contributed by atoms with Gasteiger partial charge in [0, 0.05) is 43.7 Å². The van der Waals surface area contributed by atoms with E-state index in [2.05, 4.69) is 11.6 Å². The lowest BCUT2D eigenvalue weighted by Gasteiger charge is -2.35. The summed E-state index contributed by atoms with van der Waals surface area (Å²) in [6.45, 7) is 4.65. The Hall–Kier alpha value is -3.30. The van der Waals surface area contributed by atoms with Gasteiger partial charge in [-0.15, -0.1) is 11.8 Å². The van der Waals surface area contributed by atoms with Crippen molar-refractivity contribution in [1.82, 2.24) is 24.6 Å². The van der Waals surface area contributed by atoms with E-state index in [9.17, 15) is 23.1 Å². The van der Waals surface area contributed by atoms with Crippen LogP contribution in [0.2, 0.25) is 10.0 Å². The van der Waals surface area contributed by atoms with Crippen molar-refractivity contribution in [3.05, 3.63) is 75.0 Å². The minimum absolute atomic E-state index is 0.197. The Labute approximate surface area is 298 Å². The Morgan fingerprint density at radius 2 is 1.85 bits per heavy atom. The number of piperidine rings is 1. The molecule has 1 aliphatic heterocycles. The normalized spacial score (nSPS) is 13.9. The monoisotopic (exact) mass is 750 g/mol. The molecule has 2 aromatic carbocycles. The standard InChI is InChI=1S/C32H36Cl2N6O5S3/c1-5-16-46-30-27(21-10-11-24(33)25(34)18-21)35-31(47-30)40-28(29(41)39-14-12-22(13-15-39)38(3)32(42)43)23(19(2)36-40)17-20-8-6-7-9-26(20)37-48(4,44)45/h6-11,18,22,37H,5,12-17H2,1-4H3,(H,42,43). The van der Waals surface area contributed by atoms with Crippen molar-refractivity contribution in [2.75, 3.05) is 36.9 Å². The van der Waals surface area contributed by atoms with Crippen LogP contribution in [0.5, 0.6) is 0 Å². The van der Waals surface area contributed by atoms with Crippen LogP contribution in [0.15, 0.2) is 46.7 Å². The summed E-state index contributed by atoms with van der Waals surface area (Å²) in [6, 6.07) is 12.2. The highest BCUT2D eigenvalue weighted by molar-refractivity contribution is 8.01. The molecule has 0 bridgehead atoms. The molecule has 2 amide bonds. The quantitative estimate of drug-likeness (QED) is 0.153. The molecule has 11 nitrogen and oxygen atoms in total. The first-order valence-corrected chi connectivity index (χ1v) is 19.7. The number of aryl methyl sites for hydroxylation is 1. The molecule has 0 radical (unpaired) electrons. The fraction of sp³-hybridized carbons (Fsp3) is 0.375. The first-order valence-electron chi connectivity index (χ1n) is 15.3. The van der Waals surface area contributed by atoms with Gasteiger partial charge >= 0.3 is 6.09 Å². The van der Waals surface area contributed by atoms with E-state index in [0.717, 1.165) is 28.2 Å². The van der Waals surface area contributed by atoms with Gasteiger partial charge in [-0.25, -0.2) is 18.2 Å². The maximum atomic E-state index is 14.5. The molecule has 0 saturated carbocycles. The highest BCUT2D eigenvalue weighted by atomic mass is 35.5. The molecule has 1 aliphatic rings. The fourth-order valence-corrected chi connectivity index (χ4v) is 8.64. The number of anilines is 1. The lowest BCUT2D eigenvalue weighted by atomic mass is 9.99. The first kappa shape index (κ1) is 36.0. The van der Waals surface area contributed by atoms with Gasteiger partial charge in [-0.1, -0.05) is 65.7 Å². The molecule has 0 atom stereocenters. The molecule has 1 saturated heterocycles. The van der Waals surface area contributed by atoms with E-state index in [1.165, 1.54) is 16.2 Å². The van der Waals surface area contributed by atoms with E-state index >= 15 is 0 Å². The van der Waals surface area contributed by atoms with E-state index < -0.39 is 16.1 Å². The summed E-state index contributed by atoms with van der Waals surface area (Å²) in [5, 5.41) is 15.7. The third-order valence-corrected chi connectivity index (χ3v) is 11.9. The van der Waals surface area contributed by atoms with Crippen LogP contribution in [0.3, 0.4) is 0 Å². The van der Waals surface area contributed by atoms with Gasteiger partial charge in [0.2, 0.25) is 15.2 Å². The van der Waals surface area contributed by atoms with Crippen molar-refractivity contribution in [2.45, 2.75) is 49.8 Å². The van der Waals surface area contributed by atoms with Crippen molar-refractivity contribution in [2.24, 2.45) is 0 Å². The predicted octanol–water partition coefficient (Wildman–Crippen LogP) is 7.29. The Balaban J connectivity index is 1.62. The van der Waals surface area contributed by atoms with E-state index in [4.69, 9.17) is 33.3 Å². The molecule has 4 aromatic rings. The van der Waals surface area contributed by atoms with Crippen LogP contribution in [0.1, 0.15) is 53.5 Å². The van der Waals surface area contributed by atoms with Gasteiger partial charge in [0.15, 0.2) is 0 Å². The number of nitrogens with one attached hydrogen (secondary N) is 1. The zero-order valence-corrected chi connectivity index (χ0v) is 30.8. The van der Waals surface area contributed by atoms with Crippen molar-refractivity contribution >= 4 is 74.0 Å². The number of para-hydroxylation sites is 1. The molecule has 0 spiro atoms. The van der Waals surface area contributed by atoms with Gasteiger partial charge in [-0.3, -0.25) is 9.52 Å². The molecular weight excluding hydrogens is 715 g/mol. The lowest BCUT2D eigenvalue weighted by molar-refractivity contribution is 0.0634. The van der Waals surface area contributed by atoms with Crippen molar-refractivity contribution in [3.63, 3.8) is 0 Å². The number of thiazole rings is 1. The minimum atomic E-state index is -3.56. The van der Waals surface area contributed by atoms with Crippen LogP contribution >= 0.6 is 46.3 Å². The summed E-state index contributed by atoms with van der Waals surface area (Å²) in [6.07, 6.45) is 2.25. The zero-order valence-electron chi connectivity index (χ0n) is 26.9. The second kappa shape index (κ2) is 15.1.